The molecule has 6 heterocycles. The highest BCUT2D eigenvalue weighted by Gasteiger charge is 2.77. The molecule has 3 fully saturated rings. The summed E-state index contributed by atoms with van der Waals surface area (Å²) in [5, 5.41) is 8.69. The lowest BCUT2D eigenvalue weighted by molar-refractivity contribution is -0.139. The van der Waals surface area contributed by atoms with Crippen molar-refractivity contribution in [1.82, 2.24) is 19.9 Å². The van der Waals surface area contributed by atoms with E-state index >= 15 is 22.0 Å². The predicted molar refractivity (Wildman–Crippen MR) is 195 cm³/mol. The van der Waals surface area contributed by atoms with Crippen LogP contribution in [0.1, 0.15) is 60.9 Å². The van der Waals surface area contributed by atoms with Crippen LogP contribution in [0.25, 0.3) is 32.1 Å². The number of pyridine rings is 1. The van der Waals surface area contributed by atoms with E-state index < -0.39 is 110 Å². The monoisotopic (exact) mass is 852 g/mol. The number of nitrogens with two attached hydrogens (primary N) is 2. The summed E-state index contributed by atoms with van der Waals surface area (Å²) in [5.74, 6) is -7.15. The Labute approximate surface area is 331 Å². The summed E-state index contributed by atoms with van der Waals surface area (Å²) in [6.07, 6.45) is -8.82. The van der Waals surface area contributed by atoms with E-state index in [-0.39, 0.29) is 59.0 Å². The number of aromatic nitrogens is 3. The number of nitriles is 1. The Morgan fingerprint density at radius 3 is 2.47 bits per heavy atom. The van der Waals surface area contributed by atoms with Gasteiger partial charge in [-0.05, 0) is 50.4 Å². The zero-order valence-corrected chi connectivity index (χ0v) is 31.4. The molecule has 10 nitrogen and oxygen atoms in total. The van der Waals surface area contributed by atoms with Gasteiger partial charge in [0.1, 0.15) is 58.6 Å². The van der Waals surface area contributed by atoms with Crippen LogP contribution in [0.2, 0.25) is 0 Å². The number of anilines is 3. The first-order valence-corrected chi connectivity index (χ1v) is 19.0. The number of fused-ring (bicyclic) bond motifs is 2. The minimum absolute atomic E-state index is 0.0788. The minimum Gasteiger partial charge on any atom is -0.490 e. The largest absolute Gasteiger partial charge is 0.490 e. The molecule has 310 valence electrons. The standard InChI is InChI=1S/C38H30F10N8O2S/c1-16(19-9-17(37(43,44)45)11-52-30(19)50)56-7-8-57-28-24-27(53-33(54-32(24)56)58-15-35-5-2-6-55(35)14-34(12-35)13-36(34,41)42)26(40)23(25(28)38(46,47)48)18-3-4-21(39)29-22(18)20(10-49)31(51)59-29/h3-4,9,11,16H,2,5-8,12-15,51H2,1H3,(H2,50,52)/t16-,34+,35+/m1/s1. The lowest BCUT2D eigenvalue weighted by Gasteiger charge is -2.32. The predicted octanol–water partition coefficient (Wildman–Crippen LogP) is 8.86. The number of nitrogen functional groups attached to an aromatic ring is 2. The second-order valence-electron chi connectivity index (χ2n) is 15.5. The molecule has 0 bridgehead atoms. The summed E-state index contributed by atoms with van der Waals surface area (Å²) in [4.78, 5) is 15.6. The molecule has 3 aromatic heterocycles. The summed E-state index contributed by atoms with van der Waals surface area (Å²) in [7, 11) is 0. The third-order valence-electron chi connectivity index (χ3n) is 12.1. The molecule has 0 amide bonds. The molecular formula is C38H30F10N8O2S. The average molecular weight is 853 g/mol. The second kappa shape index (κ2) is 12.8. The van der Waals surface area contributed by atoms with Gasteiger partial charge in [-0.1, -0.05) is 6.07 Å². The van der Waals surface area contributed by atoms with Gasteiger partial charge in [-0.15, -0.1) is 11.3 Å². The Bertz CT molecular complexity index is 2650. The number of ether oxygens (including phenoxy) is 2. The van der Waals surface area contributed by atoms with Crippen molar-refractivity contribution in [1.29, 1.82) is 5.26 Å². The van der Waals surface area contributed by atoms with Crippen LogP contribution in [0.15, 0.2) is 24.4 Å². The van der Waals surface area contributed by atoms with Crippen LogP contribution in [0, 0.1) is 28.4 Å². The fourth-order valence-electron chi connectivity index (χ4n) is 9.24. The number of thiophene rings is 1. The Morgan fingerprint density at radius 1 is 1.05 bits per heavy atom. The van der Waals surface area contributed by atoms with E-state index in [4.69, 9.17) is 20.9 Å². The Kier molecular flexibility index (Phi) is 8.50. The van der Waals surface area contributed by atoms with Gasteiger partial charge in [-0.3, -0.25) is 4.90 Å². The van der Waals surface area contributed by atoms with E-state index in [1.807, 2.05) is 4.90 Å². The number of halogens is 10. The molecule has 3 aliphatic heterocycles. The fraction of sp³-hybridized carbons (Fsp3) is 0.421. The highest BCUT2D eigenvalue weighted by atomic mass is 32.1. The van der Waals surface area contributed by atoms with Gasteiger partial charge in [-0.2, -0.15) is 41.6 Å². The normalized spacial score (nSPS) is 23.1. The van der Waals surface area contributed by atoms with Crippen LogP contribution in [0.3, 0.4) is 0 Å². The molecule has 4 aliphatic rings. The van der Waals surface area contributed by atoms with E-state index in [0.29, 0.717) is 36.9 Å². The number of benzene rings is 2. The second-order valence-corrected chi connectivity index (χ2v) is 16.5. The van der Waals surface area contributed by atoms with E-state index in [1.165, 1.54) is 11.8 Å². The molecule has 5 aromatic rings. The van der Waals surface area contributed by atoms with Gasteiger partial charge in [-0.25, -0.2) is 22.5 Å². The van der Waals surface area contributed by atoms with Gasteiger partial charge in [0.25, 0.3) is 5.92 Å². The van der Waals surface area contributed by atoms with E-state index in [0.717, 1.165) is 18.2 Å². The molecule has 1 aliphatic carbocycles. The number of alkyl halides is 8. The van der Waals surface area contributed by atoms with Crippen LogP contribution in [0.5, 0.6) is 11.8 Å². The highest BCUT2D eigenvalue weighted by molar-refractivity contribution is 7.23. The average Bonchev–Trinajstić information content (AvgIpc) is 3.40. The van der Waals surface area contributed by atoms with Crippen molar-refractivity contribution in [3.8, 4) is 29.0 Å². The van der Waals surface area contributed by atoms with Crippen LogP contribution in [-0.4, -0.2) is 64.2 Å². The van der Waals surface area contributed by atoms with Crippen LogP contribution >= 0.6 is 11.3 Å². The van der Waals surface area contributed by atoms with E-state index in [1.54, 1.807) is 6.07 Å². The van der Waals surface area contributed by atoms with Gasteiger partial charge in [0.2, 0.25) is 0 Å². The van der Waals surface area contributed by atoms with Crippen molar-refractivity contribution in [2.75, 3.05) is 49.2 Å². The van der Waals surface area contributed by atoms with Gasteiger partial charge in [0.05, 0.1) is 44.8 Å². The molecule has 59 heavy (non-hydrogen) atoms. The summed E-state index contributed by atoms with van der Waals surface area (Å²) in [5.41, 5.74) is 3.99. The van der Waals surface area contributed by atoms with Gasteiger partial charge >= 0.3 is 18.4 Å². The third kappa shape index (κ3) is 5.87. The molecule has 0 unspecified atom stereocenters. The lowest BCUT2D eigenvalue weighted by Crippen LogP contribution is -2.43. The maximum absolute atomic E-state index is 17.5. The van der Waals surface area contributed by atoms with Crippen molar-refractivity contribution >= 4 is 49.0 Å². The fourth-order valence-corrected chi connectivity index (χ4v) is 10.2. The maximum Gasteiger partial charge on any atom is 0.420 e. The molecule has 1 saturated carbocycles. The first kappa shape index (κ1) is 39.1. The molecular weight excluding hydrogens is 823 g/mol. The van der Waals surface area contributed by atoms with Gasteiger partial charge < -0.3 is 25.8 Å². The Balaban J connectivity index is 1.29. The van der Waals surface area contributed by atoms with Crippen molar-refractivity contribution in [3.05, 3.63) is 58.3 Å². The van der Waals surface area contributed by atoms with Crippen molar-refractivity contribution in [2.45, 2.75) is 62.5 Å². The van der Waals surface area contributed by atoms with E-state index in [2.05, 4.69) is 15.0 Å². The van der Waals surface area contributed by atoms with Crippen LogP contribution < -0.4 is 25.8 Å². The third-order valence-corrected chi connectivity index (χ3v) is 13.1. The highest BCUT2D eigenvalue weighted by Crippen LogP contribution is 2.69. The van der Waals surface area contributed by atoms with Crippen molar-refractivity contribution in [3.63, 3.8) is 0 Å². The zero-order valence-electron chi connectivity index (χ0n) is 30.6. The molecule has 4 N–H and O–H groups in total. The maximum atomic E-state index is 17.5. The summed E-state index contributed by atoms with van der Waals surface area (Å²) < 4.78 is 162. The number of nitrogens with zero attached hydrogens (tertiary/aromatic N) is 6. The van der Waals surface area contributed by atoms with Gasteiger partial charge in [0, 0.05) is 35.7 Å². The lowest BCUT2D eigenvalue weighted by atomic mass is 9.89. The topological polar surface area (TPSA) is 139 Å². The minimum atomic E-state index is -5.40. The van der Waals surface area contributed by atoms with Crippen LogP contribution in [0.4, 0.5) is 60.5 Å². The quantitative estimate of drug-likeness (QED) is 0.159. The molecule has 2 aromatic carbocycles. The van der Waals surface area contributed by atoms with Crippen molar-refractivity contribution in [2.24, 2.45) is 5.41 Å². The smallest absolute Gasteiger partial charge is 0.420 e. The SMILES string of the molecule is C[C@H](c1cc(C(F)(F)F)cnc1N)N1CCOc2c(C(F)(F)F)c(-c3ccc(F)c4sc(N)c(C#N)c34)c(F)c3nc(OC[C@@]45CCCN4C[C@@]4(CC4(F)F)C5)nc1c23. The van der Waals surface area contributed by atoms with Gasteiger partial charge in [0.15, 0.2) is 5.82 Å². The van der Waals surface area contributed by atoms with Crippen LogP contribution in [-0.2, 0) is 12.4 Å². The number of rotatable bonds is 6. The first-order chi connectivity index (χ1) is 27.7. The van der Waals surface area contributed by atoms with E-state index in [9.17, 15) is 27.2 Å². The molecule has 0 radical (unpaired) electrons. The number of hydrogen-bond donors (Lipinski definition) is 2. The molecule has 3 atom stereocenters. The summed E-state index contributed by atoms with van der Waals surface area (Å²) in [6, 6.07) is 2.38. The zero-order chi connectivity index (χ0) is 42.2. The Hall–Kier alpha value is -5.36. The summed E-state index contributed by atoms with van der Waals surface area (Å²) in [6.45, 7) is 0.854. The number of hydrogen-bond acceptors (Lipinski definition) is 11. The first-order valence-electron chi connectivity index (χ1n) is 18.2. The molecule has 1 spiro atoms. The molecule has 2 saturated heterocycles. The Morgan fingerprint density at radius 2 is 1.80 bits per heavy atom. The molecule has 21 heteroatoms. The molecule has 9 rings (SSSR count). The van der Waals surface area contributed by atoms with Crippen molar-refractivity contribution < 1.29 is 53.4 Å². The summed E-state index contributed by atoms with van der Waals surface area (Å²) >= 11 is 0.582.